The standard InChI is InChI=1S/C24H27IN2O4S/c1-16(2)31-20-5-7-24(17(3)12-20)32(29,30)27-9-8-18(14-27)22-15-26(10-11-28)23-6-4-19(25)13-21(22)23/h4-7,11-13,15-16,18H,8-10,14H2,1-3H3. The van der Waals surface area contributed by atoms with E-state index in [1.165, 1.54) is 0 Å². The van der Waals surface area contributed by atoms with Crippen LogP contribution in [0.3, 0.4) is 0 Å². The highest BCUT2D eigenvalue weighted by molar-refractivity contribution is 14.1. The average molecular weight is 566 g/mol. The summed E-state index contributed by atoms with van der Waals surface area (Å²) >= 11 is 2.28. The maximum absolute atomic E-state index is 13.4. The van der Waals surface area contributed by atoms with Gasteiger partial charge in [-0.2, -0.15) is 4.31 Å². The number of aromatic nitrogens is 1. The maximum Gasteiger partial charge on any atom is 0.243 e. The van der Waals surface area contributed by atoms with Gasteiger partial charge in [-0.15, -0.1) is 0 Å². The molecule has 0 aliphatic carbocycles. The fourth-order valence-corrected chi connectivity index (χ4v) is 6.65. The fraction of sp³-hybridized carbons (Fsp3) is 0.375. The lowest BCUT2D eigenvalue weighted by Crippen LogP contribution is -2.29. The first-order chi connectivity index (χ1) is 15.2. The molecule has 8 heteroatoms. The molecule has 1 unspecified atom stereocenters. The third-order valence-corrected chi connectivity index (χ3v) is 8.57. The number of hydrogen-bond donors (Lipinski definition) is 0. The quantitative estimate of drug-likeness (QED) is 0.307. The lowest BCUT2D eigenvalue weighted by atomic mass is 9.98. The van der Waals surface area contributed by atoms with Crippen molar-refractivity contribution in [2.75, 3.05) is 13.1 Å². The van der Waals surface area contributed by atoms with Gasteiger partial charge in [0, 0.05) is 39.7 Å². The average Bonchev–Trinajstić information content (AvgIpc) is 3.33. The normalized spacial score (nSPS) is 17.3. The number of aryl methyl sites for hydroxylation is 1. The molecule has 0 amide bonds. The van der Waals surface area contributed by atoms with Crippen LogP contribution in [0, 0.1) is 10.5 Å². The van der Waals surface area contributed by atoms with Crippen molar-refractivity contribution >= 4 is 49.8 Å². The lowest BCUT2D eigenvalue weighted by Gasteiger charge is -2.19. The van der Waals surface area contributed by atoms with Crippen molar-refractivity contribution in [1.82, 2.24) is 8.87 Å². The summed E-state index contributed by atoms with van der Waals surface area (Å²) in [5.74, 6) is 0.760. The van der Waals surface area contributed by atoms with Gasteiger partial charge in [0.05, 0.1) is 17.5 Å². The number of hydrogen-bond acceptors (Lipinski definition) is 4. The molecule has 1 saturated heterocycles. The van der Waals surface area contributed by atoms with Crippen molar-refractivity contribution in [3.63, 3.8) is 0 Å². The van der Waals surface area contributed by atoms with Gasteiger partial charge < -0.3 is 14.1 Å². The second-order valence-electron chi connectivity index (χ2n) is 8.51. The molecule has 3 aromatic rings. The molecule has 4 rings (SSSR count). The van der Waals surface area contributed by atoms with E-state index in [0.29, 0.717) is 29.3 Å². The van der Waals surface area contributed by atoms with Crippen molar-refractivity contribution in [2.45, 2.75) is 50.7 Å². The first-order valence-electron chi connectivity index (χ1n) is 10.7. The molecule has 0 bridgehead atoms. The molecule has 1 aliphatic rings. The minimum atomic E-state index is -3.61. The zero-order valence-corrected chi connectivity index (χ0v) is 21.4. The molecule has 1 aliphatic heterocycles. The van der Waals surface area contributed by atoms with Crippen molar-refractivity contribution < 1.29 is 17.9 Å². The Morgan fingerprint density at radius 2 is 2.00 bits per heavy atom. The van der Waals surface area contributed by atoms with Gasteiger partial charge in [-0.05, 0) is 97.3 Å². The predicted molar refractivity (Wildman–Crippen MR) is 134 cm³/mol. The zero-order chi connectivity index (χ0) is 23.0. The molecule has 0 saturated carbocycles. The van der Waals surface area contributed by atoms with Gasteiger partial charge in [-0.3, -0.25) is 0 Å². The molecular formula is C24H27IN2O4S. The second kappa shape index (κ2) is 9.15. The van der Waals surface area contributed by atoms with Crippen molar-refractivity contribution in [1.29, 1.82) is 0 Å². The van der Waals surface area contributed by atoms with Crippen LogP contribution in [-0.4, -0.2) is 42.8 Å². The first-order valence-corrected chi connectivity index (χ1v) is 13.2. The zero-order valence-electron chi connectivity index (χ0n) is 18.4. The maximum atomic E-state index is 13.4. The summed E-state index contributed by atoms with van der Waals surface area (Å²) in [4.78, 5) is 11.5. The van der Waals surface area contributed by atoms with Gasteiger partial charge >= 0.3 is 0 Å². The molecule has 2 aromatic carbocycles. The Morgan fingerprint density at radius 1 is 1.22 bits per heavy atom. The van der Waals surface area contributed by atoms with Gasteiger partial charge in [-0.25, -0.2) is 8.42 Å². The number of ether oxygens (including phenoxy) is 1. The third-order valence-electron chi connectivity index (χ3n) is 5.87. The van der Waals surface area contributed by atoms with Gasteiger partial charge in [0.15, 0.2) is 0 Å². The van der Waals surface area contributed by atoms with E-state index in [4.69, 9.17) is 4.74 Å². The van der Waals surface area contributed by atoms with Crippen LogP contribution in [-0.2, 0) is 21.4 Å². The monoisotopic (exact) mass is 566 g/mol. The fourth-order valence-electron chi connectivity index (χ4n) is 4.45. The van der Waals surface area contributed by atoms with Gasteiger partial charge in [0.1, 0.15) is 12.0 Å². The molecule has 32 heavy (non-hydrogen) atoms. The van der Waals surface area contributed by atoms with Crippen LogP contribution < -0.4 is 4.74 Å². The van der Waals surface area contributed by atoms with Gasteiger partial charge in [0.25, 0.3) is 0 Å². The first kappa shape index (κ1) is 23.3. The Kier molecular flexibility index (Phi) is 6.65. The smallest absolute Gasteiger partial charge is 0.243 e. The molecular weight excluding hydrogens is 539 g/mol. The summed E-state index contributed by atoms with van der Waals surface area (Å²) in [6.07, 6.45) is 3.68. The molecule has 1 atom stereocenters. The number of sulfonamides is 1. The van der Waals surface area contributed by atoms with Crippen molar-refractivity contribution in [2.24, 2.45) is 0 Å². The van der Waals surface area contributed by atoms with E-state index in [2.05, 4.69) is 28.7 Å². The number of carbonyl (C=O) groups excluding carboxylic acids is 1. The van der Waals surface area contributed by atoms with Crippen LogP contribution in [0.4, 0.5) is 0 Å². The highest BCUT2D eigenvalue weighted by atomic mass is 127. The molecule has 2 heterocycles. The van der Waals surface area contributed by atoms with Crippen LogP contribution in [0.2, 0.25) is 0 Å². The molecule has 1 aromatic heterocycles. The molecule has 6 nitrogen and oxygen atoms in total. The Bertz CT molecular complexity index is 1270. The second-order valence-corrected chi connectivity index (χ2v) is 11.7. The van der Waals surface area contributed by atoms with Crippen LogP contribution in [0.1, 0.15) is 37.3 Å². The van der Waals surface area contributed by atoms with Crippen molar-refractivity contribution in [3.05, 3.63) is 57.3 Å². The number of carbonyl (C=O) groups is 1. The highest BCUT2D eigenvalue weighted by Gasteiger charge is 2.35. The summed E-state index contributed by atoms with van der Waals surface area (Å²) < 4.78 is 37.2. The summed E-state index contributed by atoms with van der Waals surface area (Å²) in [5.41, 5.74) is 2.80. The number of rotatable bonds is 7. The Balaban J connectivity index is 1.62. The van der Waals surface area contributed by atoms with Crippen LogP contribution in [0.15, 0.2) is 47.5 Å². The Hall–Kier alpha value is -1.91. The lowest BCUT2D eigenvalue weighted by molar-refractivity contribution is -0.108. The Labute approximate surface area is 202 Å². The molecule has 170 valence electrons. The molecule has 1 fully saturated rings. The number of halogens is 1. The van der Waals surface area contributed by atoms with E-state index in [1.54, 1.807) is 22.5 Å². The van der Waals surface area contributed by atoms with E-state index in [1.807, 2.05) is 43.7 Å². The number of benzene rings is 2. The van der Waals surface area contributed by atoms with Crippen molar-refractivity contribution in [3.8, 4) is 5.75 Å². The van der Waals surface area contributed by atoms with Crippen LogP contribution >= 0.6 is 22.6 Å². The molecule has 0 radical (unpaired) electrons. The van der Waals surface area contributed by atoms with E-state index in [-0.39, 0.29) is 18.6 Å². The molecule has 0 N–H and O–H groups in total. The van der Waals surface area contributed by atoms with Crippen LogP contribution in [0.5, 0.6) is 5.75 Å². The van der Waals surface area contributed by atoms with E-state index in [9.17, 15) is 13.2 Å². The summed E-state index contributed by atoms with van der Waals surface area (Å²) in [5, 5.41) is 1.09. The summed E-state index contributed by atoms with van der Waals surface area (Å²) in [7, 11) is -3.61. The van der Waals surface area contributed by atoms with Gasteiger partial charge in [0.2, 0.25) is 10.0 Å². The minimum Gasteiger partial charge on any atom is -0.491 e. The van der Waals surface area contributed by atoms with E-state index in [0.717, 1.165) is 32.7 Å². The SMILES string of the molecule is Cc1cc(OC(C)C)ccc1S(=O)(=O)N1CCC(c2cn(CC=O)c3ccc(I)cc23)C1. The Morgan fingerprint density at radius 3 is 2.69 bits per heavy atom. The number of nitrogens with zero attached hydrogens (tertiary/aromatic N) is 2. The summed E-state index contributed by atoms with van der Waals surface area (Å²) in [6, 6.07) is 11.3. The number of aldehydes is 1. The van der Waals surface area contributed by atoms with E-state index < -0.39 is 10.0 Å². The molecule has 0 spiro atoms. The minimum absolute atomic E-state index is 0.0283. The van der Waals surface area contributed by atoms with Crippen LogP contribution in [0.25, 0.3) is 10.9 Å². The van der Waals surface area contributed by atoms with Gasteiger partial charge in [-0.1, -0.05) is 0 Å². The summed E-state index contributed by atoms with van der Waals surface area (Å²) in [6.45, 7) is 6.88. The largest absolute Gasteiger partial charge is 0.491 e. The third kappa shape index (κ3) is 4.45. The number of fused-ring (bicyclic) bond motifs is 1. The topological polar surface area (TPSA) is 68.6 Å². The predicted octanol–water partition coefficient (Wildman–Crippen LogP) is 4.72. The van der Waals surface area contributed by atoms with E-state index >= 15 is 0 Å². The highest BCUT2D eigenvalue weighted by Crippen LogP contribution is 2.37.